The molecule has 0 amide bonds. The lowest BCUT2D eigenvalue weighted by Gasteiger charge is -2.26. The molecule has 0 heterocycles. The van der Waals surface area contributed by atoms with Crippen LogP contribution < -0.4 is 9.62 Å². The molecule has 5 nitrogen and oxygen atoms in total. The van der Waals surface area contributed by atoms with E-state index in [0.717, 1.165) is 12.0 Å². The highest BCUT2D eigenvalue weighted by Gasteiger charge is 2.21. The molecule has 0 aliphatic carbocycles. The predicted molar refractivity (Wildman–Crippen MR) is 96.5 cm³/mol. The molecule has 0 saturated heterocycles. The molecule has 2 aromatic rings. The maximum Gasteiger partial charge on any atom is 0.242 e. The van der Waals surface area contributed by atoms with Gasteiger partial charge in [-0.3, -0.25) is 0 Å². The number of nitrogens with one attached hydrogen (secondary N) is 1. The quantitative estimate of drug-likeness (QED) is 0.730. The van der Waals surface area contributed by atoms with Crippen LogP contribution in [-0.2, 0) is 16.6 Å². The van der Waals surface area contributed by atoms with Crippen LogP contribution >= 0.6 is 0 Å². The summed E-state index contributed by atoms with van der Waals surface area (Å²) < 4.78 is 27.8. The lowest BCUT2D eigenvalue weighted by atomic mass is 10.2. The highest BCUT2D eigenvalue weighted by atomic mass is 32.2. The zero-order chi connectivity index (χ0) is 17.4. The van der Waals surface area contributed by atoms with Crippen molar-refractivity contribution in [3.63, 3.8) is 0 Å². The SMILES string of the molecule is CCCNS(=O)(=O)c1ccccc1N(CCO)Cc1ccccc1. The average molecular weight is 348 g/mol. The third kappa shape index (κ3) is 4.80. The number of hydrogen-bond donors (Lipinski definition) is 2. The van der Waals surface area contributed by atoms with E-state index in [-0.39, 0.29) is 11.5 Å². The maximum absolute atomic E-state index is 12.6. The van der Waals surface area contributed by atoms with Gasteiger partial charge in [0.25, 0.3) is 0 Å². The molecular weight excluding hydrogens is 324 g/mol. The molecule has 0 unspecified atom stereocenters. The topological polar surface area (TPSA) is 69.6 Å². The van der Waals surface area contributed by atoms with Gasteiger partial charge in [-0.2, -0.15) is 0 Å². The van der Waals surface area contributed by atoms with Crippen molar-refractivity contribution in [3.8, 4) is 0 Å². The fraction of sp³-hybridized carbons (Fsp3) is 0.333. The van der Waals surface area contributed by atoms with E-state index in [1.54, 1.807) is 18.2 Å². The summed E-state index contributed by atoms with van der Waals surface area (Å²) in [6.07, 6.45) is 0.728. The molecule has 130 valence electrons. The monoisotopic (exact) mass is 348 g/mol. The Morgan fingerprint density at radius 2 is 1.71 bits per heavy atom. The highest BCUT2D eigenvalue weighted by molar-refractivity contribution is 7.89. The van der Waals surface area contributed by atoms with Gasteiger partial charge >= 0.3 is 0 Å². The van der Waals surface area contributed by atoms with Crippen molar-refractivity contribution in [2.75, 3.05) is 24.6 Å². The minimum atomic E-state index is -3.58. The number of aliphatic hydroxyl groups is 1. The van der Waals surface area contributed by atoms with E-state index in [1.807, 2.05) is 48.2 Å². The summed E-state index contributed by atoms with van der Waals surface area (Å²) in [6, 6.07) is 16.7. The smallest absolute Gasteiger partial charge is 0.242 e. The molecule has 0 atom stereocenters. The Labute approximate surface area is 144 Å². The second-order valence-electron chi connectivity index (χ2n) is 5.50. The van der Waals surface area contributed by atoms with Crippen molar-refractivity contribution in [2.45, 2.75) is 24.8 Å². The van der Waals surface area contributed by atoms with Gasteiger partial charge < -0.3 is 10.0 Å². The molecule has 24 heavy (non-hydrogen) atoms. The minimum absolute atomic E-state index is 0.0520. The summed E-state index contributed by atoms with van der Waals surface area (Å²) in [7, 11) is -3.58. The summed E-state index contributed by atoms with van der Waals surface area (Å²) in [5, 5.41) is 9.40. The van der Waals surface area contributed by atoms with Crippen molar-refractivity contribution in [1.82, 2.24) is 4.72 Å². The van der Waals surface area contributed by atoms with E-state index < -0.39 is 10.0 Å². The Morgan fingerprint density at radius 1 is 1.04 bits per heavy atom. The lowest BCUT2D eigenvalue weighted by Crippen LogP contribution is -2.30. The first kappa shape index (κ1) is 18.4. The van der Waals surface area contributed by atoms with Gasteiger partial charge in [-0.15, -0.1) is 0 Å². The van der Waals surface area contributed by atoms with Crippen LogP contribution in [0.1, 0.15) is 18.9 Å². The molecule has 2 aromatic carbocycles. The number of nitrogens with zero attached hydrogens (tertiary/aromatic N) is 1. The van der Waals surface area contributed by atoms with E-state index in [0.29, 0.717) is 25.3 Å². The van der Waals surface area contributed by atoms with Crippen LogP contribution in [0.25, 0.3) is 0 Å². The Balaban J connectivity index is 2.36. The Bertz CT molecular complexity index is 733. The average Bonchev–Trinajstić information content (AvgIpc) is 2.60. The summed E-state index contributed by atoms with van der Waals surface area (Å²) in [4.78, 5) is 2.12. The molecule has 0 fully saturated rings. The standard InChI is InChI=1S/C18H24N2O3S/c1-2-12-19-24(22,23)18-11-7-6-10-17(18)20(13-14-21)15-16-8-4-3-5-9-16/h3-11,19,21H,2,12-15H2,1H3. The molecule has 0 spiro atoms. The molecule has 0 saturated carbocycles. The maximum atomic E-state index is 12.6. The fourth-order valence-electron chi connectivity index (χ4n) is 2.47. The van der Waals surface area contributed by atoms with Gasteiger partial charge in [0.2, 0.25) is 10.0 Å². The van der Waals surface area contributed by atoms with Gasteiger partial charge in [0.05, 0.1) is 12.3 Å². The molecule has 2 N–H and O–H groups in total. The molecular formula is C18H24N2O3S. The normalized spacial score (nSPS) is 11.4. The number of sulfonamides is 1. The first-order valence-electron chi connectivity index (χ1n) is 8.07. The van der Waals surface area contributed by atoms with Crippen molar-refractivity contribution < 1.29 is 13.5 Å². The van der Waals surface area contributed by atoms with Crippen LogP contribution in [0.4, 0.5) is 5.69 Å². The van der Waals surface area contributed by atoms with E-state index in [4.69, 9.17) is 0 Å². The van der Waals surface area contributed by atoms with Crippen molar-refractivity contribution in [1.29, 1.82) is 0 Å². The van der Waals surface area contributed by atoms with E-state index >= 15 is 0 Å². The summed E-state index contributed by atoms with van der Waals surface area (Å²) in [5.74, 6) is 0. The van der Waals surface area contributed by atoms with Crippen molar-refractivity contribution in [2.24, 2.45) is 0 Å². The van der Waals surface area contributed by atoms with Crippen LogP contribution in [0, 0.1) is 0 Å². The summed E-state index contributed by atoms with van der Waals surface area (Å²) in [6.45, 7) is 3.15. The summed E-state index contributed by atoms with van der Waals surface area (Å²) >= 11 is 0. The van der Waals surface area contributed by atoms with Crippen LogP contribution in [0.3, 0.4) is 0 Å². The zero-order valence-corrected chi connectivity index (χ0v) is 14.7. The molecule has 0 aromatic heterocycles. The Morgan fingerprint density at radius 3 is 2.38 bits per heavy atom. The molecule has 0 bridgehead atoms. The van der Waals surface area contributed by atoms with Crippen molar-refractivity contribution >= 4 is 15.7 Å². The number of para-hydroxylation sites is 1. The van der Waals surface area contributed by atoms with Gasteiger partial charge in [0, 0.05) is 19.6 Å². The number of benzene rings is 2. The zero-order valence-electron chi connectivity index (χ0n) is 13.9. The predicted octanol–water partition coefficient (Wildman–Crippen LogP) is 2.37. The van der Waals surface area contributed by atoms with Crippen molar-refractivity contribution in [3.05, 3.63) is 60.2 Å². The first-order chi connectivity index (χ1) is 11.6. The number of anilines is 1. The summed E-state index contributed by atoms with van der Waals surface area (Å²) in [5.41, 5.74) is 1.65. The van der Waals surface area contributed by atoms with E-state index in [1.165, 1.54) is 0 Å². The Hall–Kier alpha value is -1.89. The van der Waals surface area contributed by atoms with Crippen LogP contribution in [0.5, 0.6) is 0 Å². The third-order valence-corrected chi connectivity index (χ3v) is 5.13. The minimum Gasteiger partial charge on any atom is -0.395 e. The third-order valence-electron chi connectivity index (χ3n) is 3.62. The lowest BCUT2D eigenvalue weighted by molar-refractivity contribution is 0.301. The highest BCUT2D eigenvalue weighted by Crippen LogP contribution is 2.26. The second kappa shape index (κ2) is 8.82. The molecule has 0 radical (unpaired) electrons. The van der Waals surface area contributed by atoms with Crippen LogP contribution in [-0.4, -0.2) is 33.2 Å². The van der Waals surface area contributed by atoms with E-state index in [9.17, 15) is 13.5 Å². The van der Waals surface area contributed by atoms with Gasteiger partial charge in [-0.1, -0.05) is 49.4 Å². The van der Waals surface area contributed by atoms with Gasteiger partial charge in [0.1, 0.15) is 4.90 Å². The van der Waals surface area contributed by atoms with E-state index in [2.05, 4.69) is 4.72 Å². The molecule has 2 rings (SSSR count). The molecule has 0 aliphatic rings. The number of hydrogen-bond acceptors (Lipinski definition) is 4. The fourth-order valence-corrected chi connectivity index (χ4v) is 3.83. The number of aliphatic hydroxyl groups excluding tert-OH is 1. The second-order valence-corrected chi connectivity index (χ2v) is 7.23. The first-order valence-corrected chi connectivity index (χ1v) is 9.55. The van der Waals surface area contributed by atoms with Crippen LogP contribution in [0.2, 0.25) is 0 Å². The van der Waals surface area contributed by atoms with Crippen LogP contribution in [0.15, 0.2) is 59.5 Å². The Kier molecular flexibility index (Phi) is 6.78. The molecule has 0 aliphatic heterocycles. The van der Waals surface area contributed by atoms with Gasteiger partial charge in [-0.25, -0.2) is 13.1 Å². The van der Waals surface area contributed by atoms with Gasteiger partial charge in [-0.05, 0) is 24.1 Å². The largest absolute Gasteiger partial charge is 0.395 e. The molecule has 6 heteroatoms. The van der Waals surface area contributed by atoms with Gasteiger partial charge in [0.15, 0.2) is 0 Å². The number of rotatable bonds is 9.